The van der Waals surface area contributed by atoms with E-state index in [0.29, 0.717) is 12.1 Å². The summed E-state index contributed by atoms with van der Waals surface area (Å²) < 4.78 is 25.2. The van der Waals surface area contributed by atoms with Crippen molar-refractivity contribution < 1.29 is 13.6 Å². The number of halogens is 3. The molecule has 0 atom stereocenters. The molecule has 0 aliphatic heterocycles. The normalized spacial score (nSPS) is 11.4. The van der Waals surface area contributed by atoms with Gasteiger partial charge in [-0.05, 0) is 38.5 Å². The molecule has 0 saturated heterocycles. The predicted octanol–water partition coefficient (Wildman–Crippen LogP) is 3.49. The third kappa shape index (κ3) is 3.77. The fraction of sp³-hybridized carbons (Fsp3) is 0.462. The Bertz CT molecular complexity index is 443. The largest absolute Gasteiger partial charge is 0.337 e. The van der Waals surface area contributed by atoms with Crippen LogP contribution in [0.15, 0.2) is 18.2 Å². The van der Waals surface area contributed by atoms with Crippen molar-refractivity contribution in [3.63, 3.8) is 0 Å². The summed E-state index contributed by atoms with van der Waals surface area (Å²) in [5.74, 6) is -1.86. The topological polar surface area (TPSA) is 20.3 Å². The molecule has 0 unspecified atom stereocenters. The van der Waals surface area contributed by atoms with Crippen molar-refractivity contribution in [2.24, 2.45) is 0 Å². The minimum Gasteiger partial charge on any atom is -0.337 e. The van der Waals surface area contributed by atoms with E-state index in [4.69, 9.17) is 0 Å². The van der Waals surface area contributed by atoms with E-state index >= 15 is 0 Å². The van der Waals surface area contributed by atoms with E-state index in [1.54, 1.807) is 18.7 Å². The molecular formula is C13H16BrF2NO. The number of hydrogen-bond acceptors (Lipinski definition) is 1. The first kappa shape index (κ1) is 15.1. The van der Waals surface area contributed by atoms with Gasteiger partial charge in [0.15, 0.2) is 11.6 Å². The van der Waals surface area contributed by atoms with E-state index in [1.165, 1.54) is 6.07 Å². The lowest BCUT2D eigenvalue weighted by molar-refractivity contribution is -0.133. The van der Waals surface area contributed by atoms with Gasteiger partial charge in [-0.25, -0.2) is 8.78 Å². The lowest BCUT2D eigenvalue weighted by Crippen LogP contribution is -2.41. The van der Waals surface area contributed by atoms with Crippen LogP contribution in [-0.4, -0.2) is 21.7 Å². The van der Waals surface area contributed by atoms with Gasteiger partial charge >= 0.3 is 0 Å². The van der Waals surface area contributed by atoms with Crippen molar-refractivity contribution in [2.45, 2.75) is 31.6 Å². The molecule has 0 fully saturated rings. The number of carbonyl (C=O) groups is 1. The molecule has 0 N–H and O–H groups in total. The molecular weight excluding hydrogens is 304 g/mol. The van der Waals surface area contributed by atoms with Gasteiger partial charge in [0.1, 0.15) is 0 Å². The average Bonchev–Trinajstić information content (AvgIpc) is 2.28. The smallest absolute Gasteiger partial charge is 0.239 e. The molecule has 0 spiro atoms. The number of amides is 1. The van der Waals surface area contributed by atoms with Crippen molar-refractivity contribution in [1.29, 1.82) is 0 Å². The van der Waals surface area contributed by atoms with Gasteiger partial charge in [0.25, 0.3) is 0 Å². The molecule has 5 heteroatoms. The Morgan fingerprint density at radius 3 is 2.39 bits per heavy atom. The van der Waals surface area contributed by atoms with Crippen molar-refractivity contribution in [2.75, 3.05) is 6.54 Å². The molecule has 0 saturated carbocycles. The summed E-state index contributed by atoms with van der Waals surface area (Å²) in [5.41, 5.74) is 0.570. The quantitative estimate of drug-likeness (QED) is 0.778. The van der Waals surface area contributed by atoms with Crippen LogP contribution in [0, 0.1) is 11.6 Å². The lowest BCUT2D eigenvalue weighted by atomic mass is 10.1. The molecule has 2 nitrogen and oxygen atoms in total. The molecule has 1 rings (SSSR count). The molecule has 1 aromatic rings. The van der Waals surface area contributed by atoms with Gasteiger partial charge in [-0.3, -0.25) is 4.79 Å². The first-order chi connectivity index (χ1) is 8.25. The number of carbonyl (C=O) groups excluding carboxylic acids is 1. The lowest BCUT2D eigenvalue weighted by Gasteiger charge is -2.27. The van der Waals surface area contributed by atoms with Crippen molar-refractivity contribution in [1.82, 2.24) is 4.90 Å². The molecule has 1 amide bonds. The highest BCUT2D eigenvalue weighted by Crippen LogP contribution is 2.21. The molecule has 0 aliphatic rings. The van der Waals surface area contributed by atoms with E-state index in [9.17, 15) is 13.6 Å². The zero-order chi connectivity index (χ0) is 13.9. The van der Waals surface area contributed by atoms with Gasteiger partial charge in [0.05, 0.1) is 4.32 Å². The predicted molar refractivity (Wildman–Crippen MR) is 70.5 cm³/mol. The molecule has 0 aliphatic carbocycles. The molecule has 100 valence electrons. The first-order valence-corrected chi connectivity index (χ1v) is 6.47. The Labute approximate surface area is 114 Å². The number of rotatable bonds is 4. The summed E-state index contributed by atoms with van der Waals surface area (Å²) in [7, 11) is 0. The van der Waals surface area contributed by atoms with E-state index < -0.39 is 16.0 Å². The van der Waals surface area contributed by atoms with Gasteiger partial charge in [0, 0.05) is 13.1 Å². The third-order valence-electron chi connectivity index (χ3n) is 2.53. The van der Waals surface area contributed by atoms with Crippen LogP contribution >= 0.6 is 15.9 Å². The summed E-state index contributed by atoms with van der Waals surface area (Å²) in [5, 5.41) is 0. The summed E-state index contributed by atoms with van der Waals surface area (Å²) in [6.07, 6.45) is 0. The van der Waals surface area contributed by atoms with E-state index in [2.05, 4.69) is 15.9 Å². The van der Waals surface area contributed by atoms with Crippen molar-refractivity contribution >= 4 is 21.8 Å². The molecule has 0 radical (unpaired) electrons. The van der Waals surface area contributed by atoms with Crippen LogP contribution in [0.25, 0.3) is 0 Å². The summed E-state index contributed by atoms with van der Waals surface area (Å²) in [6, 6.07) is 3.67. The van der Waals surface area contributed by atoms with Gasteiger partial charge in [-0.2, -0.15) is 0 Å². The summed E-state index contributed by atoms with van der Waals surface area (Å²) >= 11 is 3.30. The van der Waals surface area contributed by atoms with Gasteiger partial charge < -0.3 is 4.90 Å². The maximum Gasteiger partial charge on any atom is 0.239 e. The third-order valence-corrected chi connectivity index (χ3v) is 2.87. The minimum atomic E-state index is -0.894. The highest BCUT2D eigenvalue weighted by molar-refractivity contribution is 9.10. The SMILES string of the molecule is CCN(Cc1ccc(F)c(F)c1)C(=O)C(C)(C)Br. The fourth-order valence-electron chi connectivity index (χ4n) is 1.56. The van der Waals surface area contributed by atoms with E-state index in [-0.39, 0.29) is 12.5 Å². The van der Waals surface area contributed by atoms with Crippen LogP contribution in [0.1, 0.15) is 26.3 Å². The van der Waals surface area contributed by atoms with Gasteiger partial charge in [0.2, 0.25) is 5.91 Å². The fourth-order valence-corrected chi connectivity index (χ4v) is 1.81. The van der Waals surface area contributed by atoms with Crippen molar-refractivity contribution in [3.8, 4) is 0 Å². The van der Waals surface area contributed by atoms with Gasteiger partial charge in [-0.15, -0.1) is 0 Å². The Balaban J connectivity index is 2.86. The first-order valence-electron chi connectivity index (χ1n) is 5.68. The Hall–Kier alpha value is -0.970. The monoisotopic (exact) mass is 319 g/mol. The van der Waals surface area contributed by atoms with Crippen molar-refractivity contribution in [3.05, 3.63) is 35.4 Å². The highest BCUT2D eigenvalue weighted by Gasteiger charge is 2.28. The highest BCUT2D eigenvalue weighted by atomic mass is 79.9. The van der Waals surface area contributed by atoms with Crippen LogP contribution in [0.4, 0.5) is 8.78 Å². The maximum atomic E-state index is 13.1. The van der Waals surface area contributed by atoms with Crippen LogP contribution in [-0.2, 0) is 11.3 Å². The zero-order valence-electron chi connectivity index (χ0n) is 10.6. The van der Waals surface area contributed by atoms with Crippen LogP contribution in [0.2, 0.25) is 0 Å². The van der Waals surface area contributed by atoms with Crippen LogP contribution in [0.3, 0.4) is 0 Å². The average molecular weight is 320 g/mol. The van der Waals surface area contributed by atoms with Crippen LogP contribution in [0.5, 0.6) is 0 Å². The second-order valence-corrected chi connectivity index (χ2v) is 6.52. The zero-order valence-corrected chi connectivity index (χ0v) is 12.2. The molecule has 0 aromatic heterocycles. The number of alkyl halides is 1. The number of hydrogen-bond donors (Lipinski definition) is 0. The Morgan fingerprint density at radius 2 is 1.94 bits per heavy atom. The minimum absolute atomic E-state index is 0.0882. The molecule has 0 heterocycles. The Morgan fingerprint density at radius 1 is 1.33 bits per heavy atom. The number of benzene rings is 1. The second kappa shape index (κ2) is 5.78. The summed E-state index contributed by atoms with van der Waals surface area (Å²) in [6.45, 7) is 6.12. The van der Waals surface area contributed by atoms with E-state index in [1.807, 2.05) is 6.92 Å². The molecule has 1 aromatic carbocycles. The van der Waals surface area contributed by atoms with Crippen LogP contribution < -0.4 is 0 Å². The number of nitrogens with zero attached hydrogens (tertiary/aromatic N) is 1. The molecule has 0 bridgehead atoms. The Kier molecular flexibility index (Phi) is 4.85. The van der Waals surface area contributed by atoms with Gasteiger partial charge in [-0.1, -0.05) is 22.0 Å². The second-order valence-electron chi connectivity index (χ2n) is 4.54. The summed E-state index contributed by atoms with van der Waals surface area (Å²) in [4.78, 5) is 13.6. The standard InChI is InChI=1S/C13H16BrF2NO/c1-4-17(12(18)13(2,3)14)8-9-5-6-10(15)11(16)7-9/h5-7H,4,8H2,1-3H3. The maximum absolute atomic E-state index is 13.1. The van der Waals surface area contributed by atoms with E-state index in [0.717, 1.165) is 12.1 Å². The molecule has 18 heavy (non-hydrogen) atoms.